The molecule has 0 aliphatic carbocycles. The summed E-state index contributed by atoms with van der Waals surface area (Å²) < 4.78 is 5.88. The Morgan fingerprint density at radius 3 is 2.58 bits per heavy atom. The maximum atomic E-state index is 12.1. The lowest BCUT2D eigenvalue weighted by molar-refractivity contribution is -0.136. The highest BCUT2D eigenvalue weighted by atomic mass is 79.9. The normalized spacial score (nSPS) is 17.3. The van der Waals surface area contributed by atoms with Crippen LogP contribution in [0.1, 0.15) is 17.8 Å². The summed E-state index contributed by atoms with van der Waals surface area (Å²) in [5, 5.41) is 5.41. The highest BCUT2D eigenvalue weighted by Gasteiger charge is 2.32. The van der Waals surface area contributed by atoms with Gasteiger partial charge in [-0.3, -0.25) is 0 Å². The molecule has 0 radical (unpaired) electrons. The van der Waals surface area contributed by atoms with Gasteiger partial charge in [0.1, 0.15) is 0 Å². The minimum atomic E-state index is -0.514. The molecule has 2 amide bonds. The number of benzene rings is 1. The van der Waals surface area contributed by atoms with Gasteiger partial charge in [-0.15, -0.1) is 11.3 Å². The maximum Gasteiger partial charge on any atom is 0.338 e. The number of halogens is 1. The second-order valence-electron chi connectivity index (χ2n) is 5.27. The van der Waals surface area contributed by atoms with E-state index in [2.05, 4.69) is 26.6 Å². The molecule has 0 saturated heterocycles. The first-order chi connectivity index (χ1) is 11.5. The van der Waals surface area contributed by atoms with Gasteiger partial charge >= 0.3 is 12.0 Å². The third-order valence-corrected chi connectivity index (χ3v) is 5.44. The van der Waals surface area contributed by atoms with E-state index in [1.165, 1.54) is 18.4 Å². The summed E-state index contributed by atoms with van der Waals surface area (Å²) in [4.78, 5) is 25.9. The number of carbonyl (C=O) groups excluding carboxylic acids is 2. The zero-order valence-electron chi connectivity index (χ0n) is 13.1. The Kier molecular flexibility index (Phi) is 4.73. The van der Waals surface area contributed by atoms with E-state index in [0.717, 1.165) is 19.8 Å². The first-order valence-corrected chi connectivity index (χ1v) is 8.83. The van der Waals surface area contributed by atoms with Crippen LogP contribution in [0.15, 0.2) is 52.1 Å². The van der Waals surface area contributed by atoms with Crippen LogP contribution in [0, 0.1) is 0 Å². The Morgan fingerprint density at radius 1 is 1.21 bits per heavy atom. The smallest absolute Gasteiger partial charge is 0.338 e. The van der Waals surface area contributed by atoms with E-state index in [0.29, 0.717) is 11.3 Å². The quantitative estimate of drug-likeness (QED) is 0.757. The first kappa shape index (κ1) is 16.7. The average molecular weight is 407 g/mol. The molecule has 124 valence electrons. The van der Waals surface area contributed by atoms with E-state index >= 15 is 0 Å². The summed E-state index contributed by atoms with van der Waals surface area (Å²) in [5.74, 6) is -0.455. The molecule has 1 aliphatic heterocycles. The van der Waals surface area contributed by atoms with Crippen LogP contribution in [0.5, 0.6) is 0 Å². The molecular formula is C17H15BrN2O3S. The second-order valence-corrected chi connectivity index (χ2v) is 7.30. The van der Waals surface area contributed by atoms with E-state index in [4.69, 9.17) is 4.74 Å². The molecule has 24 heavy (non-hydrogen) atoms. The fraction of sp³-hybridized carbons (Fsp3) is 0.176. The Bertz CT molecular complexity index is 827. The Balaban J connectivity index is 1.98. The van der Waals surface area contributed by atoms with Gasteiger partial charge in [-0.25, -0.2) is 9.59 Å². The van der Waals surface area contributed by atoms with Gasteiger partial charge in [0.25, 0.3) is 0 Å². The molecule has 1 atom stereocenters. The second kappa shape index (κ2) is 6.78. The molecule has 2 aromatic rings. The van der Waals surface area contributed by atoms with Crippen LogP contribution in [-0.2, 0) is 9.53 Å². The number of ether oxygens (including phenoxy) is 1. The predicted molar refractivity (Wildman–Crippen MR) is 96.6 cm³/mol. The molecule has 0 spiro atoms. The molecule has 0 saturated carbocycles. The van der Waals surface area contributed by atoms with Crippen LogP contribution < -0.4 is 10.6 Å². The SMILES string of the molecule is COC(=O)C1=C(C)NC(=O)N[C@@H]1c1ccc(-c2ccc(Br)cc2)s1. The van der Waals surface area contributed by atoms with Gasteiger partial charge < -0.3 is 15.4 Å². The number of urea groups is 1. The molecule has 5 nitrogen and oxygen atoms in total. The molecule has 0 unspecified atom stereocenters. The fourth-order valence-corrected chi connectivity index (χ4v) is 3.90. The summed E-state index contributed by atoms with van der Waals surface area (Å²) in [5.41, 5.74) is 2.01. The van der Waals surface area contributed by atoms with Crippen molar-refractivity contribution in [1.29, 1.82) is 0 Å². The van der Waals surface area contributed by atoms with Crippen molar-refractivity contribution >= 4 is 39.3 Å². The largest absolute Gasteiger partial charge is 0.466 e. The lowest BCUT2D eigenvalue weighted by atomic mass is 10.0. The van der Waals surface area contributed by atoms with Crippen LogP contribution in [0.3, 0.4) is 0 Å². The van der Waals surface area contributed by atoms with Crippen molar-refractivity contribution in [3.8, 4) is 10.4 Å². The van der Waals surface area contributed by atoms with Crippen LogP contribution in [0.25, 0.3) is 10.4 Å². The van der Waals surface area contributed by atoms with Crippen LogP contribution in [-0.4, -0.2) is 19.1 Å². The molecular weight excluding hydrogens is 392 g/mol. The third kappa shape index (κ3) is 3.22. The summed E-state index contributed by atoms with van der Waals surface area (Å²) in [6.45, 7) is 1.70. The van der Waals surface area contributed by atoms with Gasteiger partial charge in [0.2, 0.25) is 0 Å². The van der Waals surface area contributed by atoms with Crippen molar-refractivity contribution in [2.24, 2.45) is 0 Å². The summed E-state index contributed by atoms with van der Waals surface area (Å²) in [6.07, 6.45) is 0. The van der Waals surface area contributed by atoms with E-state index < -0.39 is 12.0 Å². The number of methoxy groups -OCH3 is 1. The monoisotopic (exact) mass is 406 g/mol. The molecule has 1 aromatic carbocycles. The summed E-state index contributed by atoms with van der Waals surface area (Å²) >= 11 is 4.96. The molecule has 2 N–H and O–H groups in total. The highest BCUT2D eigenvalue weighted by Crippen LogP contribution is 2.36. The number of allylic oxidation sites excluding steroid dienone is 1. The first-order valence-electron chi connectivity index (χ1n) is 7.22. The number of nitrogens with one attached hydrogen (secondary N) is 2. The van der Waals surface area contributed by atoms with E-state index in [1.807, 2.05) is 36.4 Å². The number of hydrogen-bond acceptors (Lipinski definition) is 4. The minimum Gasteiger partial charge on any atom is -0.466 e. The predicted octanol–water partition coefficient (Wildman–Crippen LogP) is 3.98. The summed E-state index contributed by atoms with van der Waals surface area (Å²) in [6, 6.07) is 11.1. The van der Waals surface area contributed by atoms with Crippen molar-refractivity contribution in [2.45, 2.75) is 13.0 Å². The molecule has 1 aliphatic rings. The highest BCUT2D eigenvalue weighted by molar-refractivity contribution is 9.10. The molecule has 3 rings (SSSR count). The van der Waals surface area contributed by atoms with Crippen molar-refractivity contribution in [3.63, 3.8) is 0 Å². The average Bonchev–Trinajstić information content (AvgIpc) is 3.04. The minimum absolute atomic E-state index is 0.330. The van der Waals surface area contributed by atoms with E-state index in [9.17, 15) is 9.59 Å². The van der Waals surface area contributed by atoms with Gasteiger partial charge in [0.15, 0.2) is 0 Å². The molecule has 7 heteroatoms. The van der Waals surface area contributed by atoms with Crippen LogP contribution >= 0.6 is 27.3 Å². The van der Waals surface area contributed by atoms with Crippen LogP contribution in [0.2, 0.25) is 0 Å². The van der Waals surface area contributed by atoms with Crippen molar-refractivity contribution in [2.75, 3.05) is 7.11 Å². The number of amides is 2. The van der Waals surface area contributed by atoms with Gasteiger partial charge in [-0.2, -0.15) is 0 Å². The molecule has 1 aromatic heterocycles. The number of carbonyl (C=O) groups is 2. The molecule has 0 fully saturated rings. The Labute approximate surface area is 151 Å². The van der Waals surface area contributed by atoms with E-state index in [-0.39, 0.29) is 6.03 Å². The number of thiophene rings is 1. The Morgan fingerprint density at radius 2 is 1.92 bits per heavy atom. The van der Waals surface area contributed by atoms with Gasteiger partial charge in [0.05, 0.1) is 18.7 Å². The number of rotatable bonds is 3. The van der Waals surface area contributed by atoms with Crippen molar-refractivity contribution < 1.29 is 14.3 Å². The summed E-state index contributed by atoms with van der Waals surface area (Å²) in [7, 11) is 1.33. The third-order valence-electron chi connectivity index (χ3n) is 3.71. The molecule has 0 bridgehead atoms. The lowest BCUT2D eigenvalue weighted by Gasteiger charge is -2.26. The topological polar surface area (TPSA) is 67.4 Å². The zero-order chi connectivity index (χ0) is 17.3. The maximum absolute atomic E-state index is 12.1. The number of hydrogen-bond donors (Lipinski definition) is 2. The lowest BCUT2D eigenvalue weighted by Crippen LogP contribution is -2.45. The van der Waals surface area contributed by atoms with Crippen molar-refractivity contribution in [3.05, 3.63) is 57.0 Å². The number of esters is 1. The van der Waals surface area contributed by atoms with Gasteiger partial charge in [-0.05, 0) is 36.8 Å². The Hall–Kier alpha value is -2.12. The fourth-order valence-electron chi connectivity index (χ4n) is 2.57. The molecule has 2 heterocycles. The van der Waals surface area contributed by atoms with Gasteiger partial charge in [0, 0.05) is 19.9 Å². The van der Waals surface area contributed by atoms with Crippen molar-refractivity contribution in [1.82, 2.24) is 10.6 Å². The zero-order valence-corrected chi connectivity index (χ0v) is 15.5. The van der Waals surface area contributed by atoms with E-state index in [1.54, 1.807) is 6.92 Å². The van der Waals surface area contributed by atoms with Gasteiger partial charge in [-0.1, -0.05) is 28.1 Å². The standard InChI is InChI=1S/C17H15BrN2O3S/c1-9-14(16(21)23-2)15(20-17(22)19-9)13-8-7-12(24-13)10-3-5-11(18)6-4-10/h3-8,15H,1-2H3,(H2,19,20,22)/t15-/m1/s1. The van der Waals surface area contributed by atoms with Crippen LogP contribution in [0.4, 0.5) is 4.79 Å².